The summed E-state index contributed by atoms with van der Waals surface area (Å²) < 4.78 is 14.9. The van der Waals surface area contributed by atoms with E-state index in [-0.39, 0.29) is 0 Å². The Morgan fingerprint density at radius 1 is 0.645 bits per heavy atom. The van der Waals surface area contributed by atoms with Gasteiger partial charge in [0.05, 0.1) is 16.3 Å². The zero-order valence-electron chi connectivity index (χ0n) is 16.2. The number of fused-ring (bicyclic) bond motifs is 14. The molecule has 8 rings (SSSR count). The second-order valence-corrected chi connectivity index (χ2v) is 7.89. The third-order valence-electron chi connectivity index (χ3n) is 6.36. The van der Waals surface area contributed by atoms with Crippen LogP contribution >= 0.6 is 0 Å². The van der Waals surface area contributed by atoms with Crippen LogP contribution in [0.2, 0.25) is 0 Å². The SMILES string of the molecule is c1ccc2c(c1)oc1ccc3c4ccc5c(c6ccncc6c6nccn56)c4oc3c12. The van der Waals surface area contributed by atoms with Crippen molar-refractivity contribution in [2.75, 3.05) is 0 Å². The lowest BCUT2D eigenvalue weighted by Crippen LogP contribution is -1.91. The van der Waals surface area contributed by atoms with Gasteiger partial charge in [-0.1, -0.05) is 18.2 Å². The molecule has 31 heavy (non-hydrogen) atoms. The predicted octanol–water partition coefficient (Wildman–Crippen LogP) is 6.83. The van der Waals surface area contributed by atoms with Gasteiger partial charge in [-0.3, -0.25) is 9.38 Å². The van der Waals surface area contributed by atoms with Crippen molar-refractivity contribution in [3.05, 3.63) is 79.4 Å². The number of furan rings is 2. The highest BCUT2D eigenvalue weighted by Gasteiger charge is 2.19. The van der Waals surface area contributed by atoms with Crippen LogP contribution in [0.3, 0.4) is 0 Å². The molecule has 0 saturated heterocycles. The van der Waals surface area contributed by atoms with E-state index in [9.17, 15) is 0 Å². The topological polar surface area (TPSA) is 56.5 Å². The molecule has 144 valence electrons. The normalized spacial score (nSPS) is 12.5. The molecule has 0 aliphatic rings. The van der Waals surface area contributed by atoms with Crippen molar-refractivity contribution in [3.8, 4) is 0 Å². The first-order valence-electron chi connectivity index (χ1n) is 10.2. The molecule has 3 aromatic carbocycles. The van der Waals surface area contributed by atoms with Crippen molar-refractivity contribution >= 4 is 71.2 Å². The summed E-state index contributed by atoms with van der Waals surface area (Å²) in [6.45, 7) is 0. The maximum absolute atomic E-state index is 6.66. The van der Waals surface area contributed by atoms with Crippen LogP contribution in [0.5, 0.6) is 0 Å². The molecule has 8 aromatic rings. The minimum atomic E-state index is 0.836. The van der Waals surface area contributed by atoms with Crippen LogP contribution in [0.15, 0.2) is 88.2 Å². The van der Waals surface area contributed by atoms with Crippen LogP contribution in [0, 0.1) is 0 Å². The number of pyridine rings is 2. The lowest BCUT2D eigenvalue weighted by molar-refractivity contribution is 0.664. The molecule has 0 aliphatic heterocycles. The van der Waals surface area contributed by atoms with Crippen LogP contribution in [0.4, 0.5) is 0 Å². The minimum Gasteiger partial charge on any atom is -0.456 e. The third kappa shape index (κ3) is 1.78. The number of aromatic nitrogens is 3. The van der Waals surface area contributed by atoms with E-state index < -0.39 is 0 Å². The number of hydrogen-bond donors (Lipinski definition) is 0. The number of hydrogen-bond acceptors (Lipinski definition) is 4. The van der Waals surface area contributed by atoms with Crippen LogP contribution in [0.1, 0.15) is 0 Å². The summed E-state index contributed by atoms with van der Waals surface area (Å²) in [6, 6.07) is 18.6. The van der Waals surface area contributed by atoms with Gasteiger partial charge in [0.2, 0.25) is 0 Å². The average Bonchev–Trinajstić information content (AvgIpc) is 3.53. The van der Waals surface area contributed by atoms with E-state index in [0.717, 1.165) is 71.2 Å². The Hall–Kier alpha value is -4.38. The quantitative estimate of drug-likeness (QED) is 0.262. The van der Waals surface area contributed by atoms with Crippen molar-refractivity contribution in [2.24, 2.45) is 0 Å². The highest BCUT2D eigenvalue weighted by molar-refractivity contribution is 6.28. The molecule has 5 heterocycles. The van der Waals surface area contributed by atoms with Crippen LogP contribution in [-0.4, -0.2) is 14.4 Å². The fourth-order valence-electron chi connectivity index (χ4n) is 5.04. The van der Waals surface area contributed by atoms with Gasteiger partial charge in [0.25, 0.3) is 0 Å². The summed E-state index contributed by atoms with van der Waals surface area (Å²) >= 11 is 0. The van der Waals surface area contributed by atoms with Gasteiger partial charge in [-0.15, -0.1) is 0 Å². The Labute approximate surface area is 174 Å². The molecular formula is C26H13N3O2. The minimum absolute atomic E-state index is 0.836. The Morgan fingerprint density at radius 3 is 2.48 bits per heavy atom. The summed E-state index contributed by atoms with van der Waals surface area (Å²) in [5.41, 5.74) is 5.39. The van der Waals surface area contributed by atoms with Crippen molar-refractivity contribution in [1.82, 2.24) is 14.4 Å². The molecule has 0 spiro atoms. The van der Waals surface area contributed by atoms with E-state index in [1.165, 1.54) is 0 Å². The fourth-order valence-corrected chi connectivity index (χ4v) is 5.04. The third-order valence-corrected chi connectivity index (χ3v) is 6.36. The van der Waals surface area contributed by atoms with Crippen LogP contribution < -0.4 is 0 Å². The van der Waals surface area contributed by atoms with E-state index in [2.05, 4.69) is 38.6 Å². The average molecular weight is 399 g/mol. The first-order valence-corrected chi connectivity index (χ1v) is 10.2. The molecule has 5 aromatic heterocycles. The van der Waals surface area contributed by atoms with E-state index in [1.807, 2.05) is 55.1 Å². The number of para-hydroxylation sites is 1. The zero-order valence-corrected chi connectivity index (χ0v) is 16.2. The van der Waals surface area contributed by atoms with Crippen LogP contribution in [0.25, 0.3) is 71.2 Å². The molecule has 0 N–H and O–H groups in total. The number of benzene rings is 3. The molecule has 0 atom stereocenters. The van der Waals surface area contributed by atoms with Gasteiger partial charge in [-0.05, 0) is 36.4 Å². The van der Waals surface area contributed by atoms with Gasteiger partial charge >= 0.3 is 0 Å². The Balaban J connectivity index is 1.69. The van der Waals surface area contributed by atoms with Gasteiger partial charge < -0.3 is 8.83 Å². The maximum Gasteiger partial charge on any atom is 0.147 e. The van der Waals surface area contributed by atoms with Crippen molar-refractivity contribution in [2.45, 2.75) is 0 Å². The van der Waals surface area contributed by atoms with Gasteiger partial charge in [-0.25, -0.2) is 4.98 Å². The van der Waals surface area contributed by atoms with Gasteiger partial charge in [0.15, 0.2) is 0 Å². The second kappa shape index (κ2) is 5.21. The zero-order chi connectivity index (χ0) is 20.1. The fraction of sp³-hybridized carbons (Fsp3) is 0. The lowest BCUT2D eigenvalue weighted by atomic mass is 10.0. The van der Waals surface area contributed by atoms with Gasteiger partial charge in [-0.2, -0.15) is 0 Å². The monoisotopic (exact) mass is 399 g/mol. The molecule has 5 nitrogen and oxygen atoms in total. The second-order valence-electron chi connectivity index (χ2n) is 7.89. The molecule has 0 radical (unpaired) electrons. The summed E-state index contributed by atoms with van der Waals surface area (Å²) in [4.78, 5) is 8.91. The predicted molar refractivity (Wildman–Crippen MR) is 123 cm³/mol. The first-order chi connectivity index (χ1) is 15.4. The Kier molecular flexibility index (Phi) is 2.60. The number of imidazole rings is 1. The Bertz CT molecular complexity index is 2010. The van der Waals surface area contributed by atoms with Gasteiger partial charge in [0, 0.05) is 51.7 Å². The van der Waals surface area contributed by atoms with Crippen molar-refractivity contribution < 1.29 is 8.83 Å². The molecular weight excluding hydrogens is 386 g/mol. The van der Waals surface area contributed by atoms with Crippen molar-refractivity contribution in [3.63, 3.8) is 0 Å². The first kappa shape index (κ1) is 15.5. The lowest BCUT2D eigenvalue weighted by Gasteiger charge is -2.08. The molecule has 5 heteroatoms. The Morgan fingerprint density at radius 2 is 1.52 bits per heavy atom. The standard InChI is InChI=1S/C26H13N3O2/c1-2-4-20-17(3-1)23-21(30-20)8-6-16-15-5-7-19-22(24(15)31-25(16)23)14-9-10-27-13-18(14)26-28-11-12-29(19)26/h1-13H. The molecule has 0 aliphatic carbocycles. The van der Waals surface area contributed by atoms with Crippen LogP contribution in [-0.2, 0) is 0 Å². The van der Waals surface area contributed by atoms with Gasteiger partial charge in [0.1, 0.15) is 28.0 Å². The highest BCUT2D eigenvalue weighted by atomic mass is 16.3. The highest BCUT2D eigenvalue weighted by Crippen LogP contribution is 2.42. The molecule has 0 fully saturated rings. The molecule has 0 unspecified atom stereocenters. The smallest absolute Gasteiger partial charge is 0.147 e. The van der Waals surface area contributed by atoms with E-state index >= 15 is 0 Å². The summed E-state index contributed by atoms with van der Waals surface area (Å²) in [5.74, 6) is 0. The summed E-state index contributed by atoms with van der Waals surface area (Å²) in [6.07, 6.45) is 7.51. The molecule has 0 bridgehead atoms. The molecule has 0 amide bonds. The summed E-state index contributed by atoms with van der Waals surface area (Å²) in [5, 5.41) is 7.42. The van der Waals surface area contributed by atoms with Crippen molar-refractivity contribution in [1.29, 1.82) is 0 Å². The van der Waals surface area contributed by atoms with E-state index in [4.69, 9.17) is 8.83 Å². The largest absolute Gasteiger partial charge is 0.456 e. The maximum atomic E-state index is 6.66. The summed E-state index contributed by atoms with van der Waals surface area (Å²) in [7, 11) is 0. The van der Waals surface area contributed by atoms with E-state index in [0.29, 0.717) is 0 Å². The molecule has 0 saturated carbocycles. The number of rotatable bonds is 0. The van der Waals surface area contributed by atoms with E-state index in [1.54, 1.807) is 0 Å². The number of nitrogens with zero attached hydrogens (tertiary/aromatic N) is 3.